The second-order valence-corrected chi connectivity index (χ2v) is 21.8. The van der Waals surface area contributed by atoms with Gasteiger partial charge in [0, 0.05) is 51.0 Å². The topological polar surface area (TPSA) is 286 Å². The van der Waals surface area contributed by atoms with Gasteiger partial charge in [0.2, 0.25) is 35.4 Å². The van der Waals surface area contributed by atoms with Crippen molar-refractivity contribution in [3.8, 4) is 0 Å². The van der Waals surface area contributed by atoms with Crippen molar-refractivity contribution in [2.24, 2.45) is 5.92 Å². The van der Waals surface area contributed by atoms with Crippen molar-refractivity contribution in [3.63, 3.8) is 0 Å². The van der Waals surface area contributed by atoms with E-state index in [2.05, 4.69) is 60.2 Å². The van der Waals surface area contributed by atoms with Crippen LogP contribution >= 0.6 is 15.9 Å². The highest BCUT2D eigenvalue weighted by Gasteiger charge is 2.58. The Hall–Kier alpha value is -5.78. The summed E-state index contributed by atoms with van der Waals surface area (Å²) in [7, 11) is -4.24. The standard InChI is InChI=1S/C54H73BrN6O14S/c1-34(14-22-45-35(2)27-44(37(4)74-45)60-48(64)24-16-36(3)73-38(5)62)15-23-46-53(69)54(33-72-54)29-41(75-46)28-50(66)57-31-39-17-20-42(21-18-39)76(70,71)61-49(65)25-19-40-11-8-9-12-43(40)59-52(68)32-58-47(63)13-7-6-10-26-56-51(67)30-55/h8-9,11-12,14-18,20-21,23-24,35-37,41,44-46,53,69H,6-7,10,13,19,22,25-33H2,1-5H3,(H,56,67)(H,57,66)(H,58,63)(H,59,68)(H,60,64)(H,61,65)/t35-,36?,37+,41+,44+,45-,46+,53+,54+/m0/s1. The van der Waals surface area contributed by atoms with Crippen LogP contribution in [0.4, 0.5) is 5.69 Å². The number of alkyl halides is 1. The summed E-state index contributed by atoms with van der Waals surface area (Å²) in [5.41, 5.74) is 1.73. The Labute approximate surface area is 453 Å². The molecule has 0 aromatic heterocycles. The van der Waals surface area contributed by atoms with E-state index in [1.807, 2.05) is 19.9 Å². The summed E-state index contributed by atoms with van der Waals surface area (Å²) in [5, 5.41) is 25.3. The summed E-state index contributed by atoms with van der Waals surface area (Å²) < 4.78 is 51.7. The first kappa shape index (κ1) is 61.1. The monoisotopic (exact) mass is 1140 g/mol. The van der Waals surface area contributed by atoms with E-state index in [9.17, 15) is 47.1 Å². The highest BCUT2D eigenvalue weighted by Crippen LogP contribution is 2.43. The second kappa shape index (κ2) is 29.7. The minimum atomic E-state index is -4.24. The molecule has 0 aliphatic carbocycles. The SMILES string of the molecule is CC(=O)OC(C)C=CC(=O)N[C@@H]1C[C@H](C)[C@H](CC=C(C)C=C[C@H]2O[C@H](CC(=O)NCc3ccc(S(=O)(=O)NC(=O)CCc4ccccc4NC(=O)CNC(=O)CCCCCNC(=O)CBr)cc3)C[C@@]3(CO3)[C@@H]2O)O[C@@H]1C. The normalized spacial score (nSPS) is 23.8. The van der Waals surface area contributed by atoms with Gasteiger partial charge in [-0.3, -0.25) is 33.6 Å². The van der Waals surface area contributed by atoms with Crippen LogP contribution in [0.3, 0.4) is 0 Å². The fraction of sp³-hybridized carbons (Fsp3) is 0.537. The summed E-state index contributed by atoms with van der Waals surface area (Å²) in [6.45, 7) is 9.62. The van der Waals surface area contributed by atoms with Crippen molar-refractivity contribution in [2.45, 2.75) is 159 Å². The highest BCUT2D eigenvalue weighted by atomic mass is 79.9. The lowest BCUT2D eigenvalue weighted by molar-refractivity contribution is -0.145. The van der Waals surface area contributed by atoms with Crippen LogP contribution in [0.1, 0.15) is 104 Å². The molecule has 3 saturated heterocycles. The summed E-state index contributed by atoms with van der Waals surface area (Å²) in [6, 6.07) is 12.3. The van der Waals surface area contributed by atoms with E-state index in [-0.39, 0.29) is 96.8 Å². The van der Waals surface area contributed by atoms with Gasteiger partial charge in [-0.15, -0.1) is 0 Å². The van der Waals surface area contributed by atoms with E-state index in [4.69, 9.17) is 18.9 Å². The molecule has 3 heterocycles. The Kier molecular flexibility index (Phi) is 23.8. The van der Waals surface area contributed by atoms with Gasteiger partial charge in [-0.05, 0) is 94.2 Å². The van der Waals surface area contributed by atoms with Crippen LogP contribution < -0.4 is 31.3 Å². The third-order valence-corrected chi connectivity index (χ3v) is 15.1. The molecule has 20 nitrogen and oxygen atoms in total. The molecule has 6 amide bonds. The molecule has 22 heteroatoms. The van der Waals surface area contributed by atoms with Crippen LogP contribution in [-0.4, -0.2) is 128 Å². The maximum Gasteiger partial charge on any atom is 0.303 e. The number of aryl methyl sites for hydroxylation is 1. The number of halogens is 1. The number of ether oxygens (including phenoxy) is 4. The number of amides is 6. The Morgan fingerprint density at radius 1 is 0.882 bits per heavy atom. The van der Waals surface area contributed by atoms with Crippen molar-refractivity contribution in [2.75, 3.05) is 30.3 Å². The number of benzene rings is 2. The number of aliphatic hydroxyl groups is 1. The molecular weight excluding hydrogens is 1070 g/mol. The number of aliphatic hydroxyl groups excluding tert-OH is 1. The van der Waals surface area contributed by atoms with Gasteiger partial charge in [0.15, 0.2) is 0 Å². The number of carbonyl (C=O) groups excluding carboxylic acids is 7. The number of para-hydroxylation sites is 1. The largest absolute Gasteiger partial charge is 0.459 e. The molecule has 0 bridgehead atoms. The molecule has 1 spiro atoms. The van der Waals surface area contributed by atoms with E-state index in [0.717, 1.165) is 24.8 Å². The summed E-state index contributed by atoms with van der Waals surface area (Å²) in [4.78, 5) is 85.7. The van der Waals surface area contributed by atoms with Crippen molar-refractivity contribution >= 4 is 73.1 Å². The molecule has 9 atom stereocenters. The fourth-order valence-corrected chi connectivity index (χ4v) is 10.1. The number of nitrogens with one attached hydrogen (secondary N) is 6. The van der Waals surface area contributed by atoms with Crippen LogP contribution in [0.25, 0.3) is 0 Å². The van der Waals surface area contributed by atoms with E-state index in [1.54, 1.807) is 37.3 Å². The number of unbranched alkanes of at least 4 members (excludes halogenated alkanes) is 2. The van der Waals surface area contributed by atoms with Crippen LogP contribution in [0.2, 0.25) is 0 Å². The highest BCUT2D eigenvalue weighted by molar-refractivity contribution is 9.09. The summed E-state index contributed by atoms with van der Waals surface area (Å²) in [5.74, 6) is -2.50. The van der Waals surface area contributed by atoms with Crippen molar-refractivity contribution in [1.82, 2.24) is 26.0 Å². The first-order chi connectivity index (χ1) is 36.1. The molecule has 3 aliphatic rings. The molecule has 0 saturated carbocycles. The zero-order valence-electron chi connectivity index (χ0n) is 43.8. The molecular formula is C54H73BrN6O14S. The van der Waals surface area contributed by atoms with Crippen LogP contribution in [-0.2, 0) is 75.5 Å². The van der Waals surface area contributed by atoms with E-state index < -0.39 is 57.8 Å². The molecule has 3 fully saturated rings. The molecule has 7 N–H and O–H groups in total. The Morgan fingerprint density at radius 2 is 1.62 bits per heavy atom. The molecule has 76 heavy (non-hydrogen) atoms. The number of hydrogen-bond acceptors (Lipinski definition) is 14. The predicted octanol–water partition coefficient (Wildman–Crippen LogP) is 4.24. The minimum absolute atomic E-state index is 0.00547. The lowest BCUT2D eigenvalue weighted by Crippen LogP contribution is -2.50. The molecule has 0 radical (unpaired) electrons. The third kappa shape index (κ3) is 20.3. The quantitative estimate of drug-likeness (QED) is 0.0165. The van der Waals surface area contributed by atoms with Gasteiger partial charge < -0.3 is 50.6 Å². The number of allylic oxidation sites excluding steroid dienone is 2. The van der Waals surface area contributed by atoms with Gasteiger partial charge in [-0.1, -0.05) is 83.4 Å². The average molecular weight is 1140 g/mol. The van der Waals surface area contributed by atoms with Gasteiger partial charge in [-0.25, -0.2) is 13.1 Å². The van der Waals surface area contributed by atoms with Gasteiger partial charge in [0.25, 0.3) is 10.0 Å². The first-order valence-corrected chi connectivity index (χ1v) is 28.3. The lowest BCUT2D eigenvalue weighted by Gasteiger charge is -2.39. The zero-order valence-corrected chi connectivity index (χ0v) is 46.2. The van der Waals surface area contributed by atoms with Crippen molar-refractivity contribution in [1.29, 1.82) is 0 Å². The van der Waals surface area contributed by atoms with Gasteiger partial charge in [0.05, 0.1) is 54.2 Å². The maximum absolute atomic E-state index is 13.2. The summed E-state index contributed by atoms with van der Waals surface area (Å²) in [6.07, 6.45) is 9.39. The lowest BCUT2D eigenvalue weighted by atomic mass is 9.87. The molecule has 1 unspecified atom stereocenters. The van der Waals surface area contributed by atoms with Crippen molar-refractivity contribution in [3.05, 3.63) is 95.6 Å². The van der Waals surface area contributed by atoms with E-state index in [0.29, 0.717) is 49.2 Å². The van der Waals surface area contributed by atoms with Crippen molar-refractivity contribution < 1.29 is 66.0 Å². The van der Waals surface area contributed by atoms with Gasteiger partial charge in [0.1, 0.15) is 23.9 Å². The van der Waals surface area contributed by atoms with Crippen LogP contribution in [0, 0.1) is 5.92 Å². The molecule has 5 rings (SSSR count). The minimum Gasteiger partial charge on any atom is -0.459 e. The maximum atomic E-state index is 13.2. The Balaban J connectivity index is 1.02. The number of rotatable bonds is 27. The molecule has 3 aliphatic heterocycles. The van der Waals surface area contributed by atoms with Crippen LogP contribution in [0.15, 0.2) is 89.4 Å². The molecule has 2 aromatic rings. The number of esters is 1. The summed E-state index contributed by atoms with van der Waals surface area (Å²) >= 11 is 3.08. The average Bonchev–Trinajstić information content (AvgIpc) is 4.16. The van der Waals surface area contributed by atoms with Crippen LogP contribution in [0.5, 0.6) is 0 Å². The smallest absolute Gasteiger partial charge is 0.303 e. The van der Waals surface area contributed by atoms with E-state index in [1.165, 1.54) is 43.3 Å². The second-order valence-electron chi connectivity index (χ2n) is 19.6. The number of hydrogen-bond donors (Lipinski definition) is 7. The fourth-order valence-electron chi connectivity index (χ4n) is 8.85. The number of epoxide rings is 1. The predicted molar refractivity (Wildman–Crippen MR) is 286 cm³/mol. The third-order valence-electron chi connectivity index (χ3n) is 13.2. The van der Waals surface area contributed by atoms with Gasteiger partial charge in [-0.2, -0.15) is 0 Å². The molecule has 2 aromatic carbocycles. The molecule has 416 valence electrons. The number of sulfonamides is 1. The Morgan fingerprint density at radius 3 is 2.33 bits per heavy atom. The number of carbonyl (C=O) groups is 7. The first-order valence-electron chi connectivity index (χ1n) is 25.7. The van der Waals surface area contributed by atoms with E-state index >= 15 is 0 Å². The Bertz CT molecular complexity index is 2550. The number of anilines is 1. The zero-order chi connectivity index (χ0) is 55.4. The van der Waals surface area contributed by atoms with Gasteiger partial charge >= 0.3 is 5.97 Å².